The van der Waals surface area contributed by atoms with E-state index in [0.29, 0.717) is 23.4 Å². The summed E-state index contributed by atoms with van der Waals surface area (Å²) in [4.78, 5) is 12.4. The van der Waals surface area contributed by atoms with Crippen LogP contribution in [-0.2, 0) is 23.1 Å². The lowest BCUT2D eigenvalue weighted by Crippen LogP contribution is -2.27. The number of hydrogen-bond donors (Lipinski definition) is 2. The van der Waals surface area contributed by atoms with Gasteiger partial charge < -0.3 is 5.32 Å². The van der Waals surface area contributed by atoms with E-state index in [1.807, 2.05) is 0 Å². The Balaban J connectivity index is 1.43. The lowest BCUT2D eigenvalue weighted by Gasteiger charge is -2.08. The maximum atomic E-state index is 13.0. The average Bonchev–Trinajstić information content (AvgIpc) is 3.18. The molecule has 0 aliphatic carbocycles. The van der Waals surface area contributed by atoms with Gasteiger partial charge in [0.1, 0.15) is 22.9 Å². The molecule has 0 aliphatic heterocycles. The SMILES string of the molecule is O=S(=O)(NCCn1ncc2c(NCc3ccc(F)cc3)ncnc21)c1cccnc1. The third kappa shape index (κ3) is 4.42. The van der Waals surface area contributed by atoms with Gasteiger partial charge in [-0.05, 0) is 29.8 Å². The zero-order valence-electron chi connectivity index (χ0n) is 15.7. The van der Waals surface area contributed by atoms with E-state index in [1.165, 1.54) is 36.9 Å². The smallest absolute Gasteiger partial charge is 0.242 e. The summed E-state index contributed by atoms with van der Waals surface area (Å²) in [5.74, 6) is 0.301. The van der Waals surface area contributed by atoms with Crippen molar-refractivity contribution < 1.29 is 12.8 Å². The normalized spacial score (nSPS) is 11.6. The molecule has 0 aliphatic rings. The fraction of sp³-hybridized carbons (Fsp3) is 0.158. The van der Waals surface area contributed by atoms with E-state index >= 15 is 0 Å². The molecule has 0 bridgehead atoms. The highest BCUT2D eigenvalue weighted by atomic mass is 32.2. The van der Waals surface area contributed by atoms with Gasteiger partial charge in [0.05, 0.1) is 18.1 Å². The van der Waals surface area contributed by atoms with Crippen LogP contribution in [0.5, 0.6) is 0 Å². The van der Waals surface area contributed by atoms with Crippen molar-refractivity contribution in [2.75, 3.05) is 11.9 Å². The summed E-state index contributed by atoms with van der Waals surface area (Å²) in [6, 6.07) is 9.23. The van der Waals surface area contributed by atoms with Crippen molar-refractivity contribution in [2.24, 2.45) is 0 Å². The number of anilines is 1. The van der Waals surface area contributed by atoms with Gasteiger partial charge in [-0.3, -0.25) is 4.98 Å². The van der Waals surface area contributed by atoms with Crippen molar-refractivity contribution in [1.82, 2.24) is 29.5 Å². The van der Waals surface area contributed by atoms with E-state index in [4.69, 9.17) is 0 Å². The van der Waals surface area contributed by atoms with E-state index < -0.39 is 10.0 Å². The Morgan fingerprint density at radius 1 is 1.07 bits per heavy atom. The Bertz CT molecular complexity index is 1250. The zero-order valence-corrected chi connectivity index (χ0v) is 16.6. The van der Waals surface area contributed by atoms with Gasteiger partial charge >= 0.3 is 0 Å². The predicted octanol–water partition coefficient (Wildman–Crippen LogP) is 1.95. The Labute approximate surface area is 172 Å². The number of nitrogens with zero attached hydrogens (tertiary/aromatic N) is 5. The molecule has 0 amide bonds. The number of sulfonamides is 1. The Kier molecular flexibility index (Phi) is 5.63. The number of nitrogens with one attached hydrogen (secondary N) is 2. The first kappa shape index (κ1) is 19.9. The number of benzene rings is 1. The van der Waals surface area contributed by atoms with Gasteiger partial charge in [-0.1, -0.05) is 12.1 Å². The standard InChI is InChI=1S/C19H18FN7O2S/c20-15-5-3-14(4-6-15)10-22-18-17-12-25-27(19(17)24-13-23-18)9-8-26-30(28,29)16-2-1-7-21-11-16/h1-7,11-13,26H,8-10H2,(H,22,23,24). The topological polar surface area (TPSA) is 115 Å². The third-order valence-corrected chi connectivity index (χ3v) is 5.81. The van der Waals surface area contributed by atoms with E-state index in [0.717, 1.165) is 5.56 Å². The molecule has 154 valence electrons. The van der Waals surface area contributed by atoms with Gasteiger partial charge in [-0.15, -0.1) is 0 Å². The molecule has 2 N–H and O–H groups in total. The fourth-order valence-electron chi connectivity index (χ4n) is 2.86. The molecule has 0 radical (unpaired) electrons. The first-order valence-corrected chi connectivity index (χ1v) is 10.6. The Morgan fingerprint density at radius 3 is 2.67 bits per heavy atom. The highest BCUT2D eigenvalue weighted by Crippen LogP contribution is 2.19. The number of halogens is 1. The molecule has 0 saturated heterocycles. The first-order valence-electron chi connectivity index (χ1n) is 9.07. The minimum absolute atomic E-state index is 0.102. The lowest BCUT2D eigenvalue weighted by atomic mass is 10.2. The molecule has 0 atom stereocenters. The number of pyridine rings is 1. The lowest BCUT2D eigenvalue weighted by molar-refractivity contribution is 0.564. The molecule has 3 heterocycles. The summed E-state index contributed by atoms with van der Waals surface area (Å²) in [6.07, 6.45) is 5.83. The molecule has 4 rings (SSSR count). The van der Waals surface area contributed by atoms with Crippen LogP contribution in [-0.4, -0.2) is 39.7 Å². The second-order valence-corrected chi connectivity index (χ2v) is 8.16. The molecule has 9 nitrogen and oxygen atoms in total. The minimum atomic E-state index is -3.64. The first-order chi connectivity index (χ1) is 14.5. The maximum absolute atomic E-state index is 13.0. The van der Waals surface area contributed by atoms with E-state index in [2.05, 4.69) is 30.1 Å². The zero-order chi connectivity index (χ0) is 21.0. The summed E-state index contributed by atoms with van der Waals surface area (Å²) >= 11 is 0. The van der Waals surface area contributed by atoms with Crippen LogP contribution in [0.2, 0.25) is 0 Å². The molecular formula is C19H18FN7O2S. The number of rotatable bonds is 8. The molecule has 4 aromatic rings. The van der Waals surface area contributed by atoms with E-state index in [-0.39, 0.29) is 23.8 Å². The second kappa shape index (κ2) is 8.51. The Hall–Kier alpha value is -3.44. The van der Waals surface area contributed by atoms with Crippen LogP contribution in [0.15, 0.2) is 66.2 Å². The van der Waals surface area contributed by atoms with Crippen LogP contribution in [0.4, 0.5) is 10.2 Å². The largest absolute Gasteiger partial charge is 0.365 e. The van der Waals surface area contributed by atoms with Crippen molar-refractivity contribution in [1.29, 1.82) is 0 Å². The number of fused-ring (bicyclic) bond motifs is 1. The van der Waals surface area contributed by atoms with Gasteiger partial charge in [0.2, 0.25) is 10.0 Å². The minimum Gasteiger partial charge on any atom is -0.365 e. The Morgan fingerprint density at radius 2 is 1.90 bits per heavy atom. The van der Waals surface area contributed by atoms with E-state index in [1.54, 1.807) is 29.1 Å². The van der Waals surface area contributed by atoms with Gasteiger partial charge in [0, 0.05) is 25.5 Å². The molecule has 30 heavy (non-hydrogen) atoms. The highest BCUT2D eigenvalue weighted by molar-refractivity contribution is 7.89. The van der Waals surface area contributed by atoms with Crippen molar-refractivity contribution in [3.8, 4) is 0 Å². The molecule has 0 saturated carbocycles. The molecule has 0 spiro atoms. The van der Waals surface area contributed by atoms with Crippen molar-refractivity contribution in [3.05, 3.63) is 72.7 Å². The molecule has 0 fully saturated rings. The van der Waals surface area contributed by atoms with Crippen LogP contribution >= 0.6 is 0 Å². The van der Waals surface area contributed by atoms with Gasteiger partial charge in [0.15, 0.2) is 5.65 Å². The van der Waals surface area contributed by atoms with Gasteiger partial charge in [0.25, 0.3) is 0 Å². The second-order valence-electron chi connectivity index (χ2n) is 6.39. The monoisotopic (exact) mass is 427 g/mol. The predicted molar refractivity (Wildman–Crippen MR) is 108 cm³/mol. The van der Waals surface area contributed by atoms with Crippen molar-refractivity contribution in [3.63, 3.8) is 0 Å². The number of aromatic nitrogens is 5. The summed E-state index contributed by atoms with van der Waals surface area (Å²) in [5.41, 5.74) is 1.48. The van der Waals surface area contributed by atoms with Crippen LogP contribution in [0.1, 0.15) is 5.56 Å². The summed E-state index contributed by atoms with van der Waals surface area (Å²) in [5, 5.41) is 8.19. The molecule has 3 aromatic heterocycles. The molecule has 0 unspecified atom stereocenters. The summed E-state index contributed by atoms with van der Waals surface area (Å²) < 4.78 is 41.7. The van der Waals surface area contributed by atoms with E-state index in [9.17, 15) is 12.8 Å². The number of hydrogen-bond acceptors (Lipinski definition) is 7. The fourth-order valence-corrected chi connectivity index (χ4v) is 3.84. The summed E-state index contributed by atoms with van der Waals surface area (Å²) in [7, 11) is -3.64. The third-order valence-electron chi connectivity index (χ3n) is 4.37. The molecular weight excluding hydrogens is 409 g/mol. The van der Waals surface area contributed by atoms with Gasteiger partial charge in [-0.25, -0.2) is 32.2 Å². The van der Waals surface area contributed by atoms with Crippen molar-refractivity contribution >= 4 is 26.9 Å². The van der Waals surface area contributed by atoms with Crippen LogP contribution in [0.3, 0.4) is 0 Å². The van der Waals surface area contributed by atoms with Crippen LogP contribution in [0, 0.1) is 5.82 Å². The van der Waals surface area contributed by atoms with Gasteiger partial charge in [-0.2, -0.15) is 5.10 Å². The maximum Gasteiger partial charge on any atom is 0.242 e. The quantitative estimate of drug-likeness (QED) is 0.442. The average molecular weight is 427 g/mol. The van der Waals surface area contributed by atoms with Crippen LogP contribution in [0.25, 0.3) is 11.0 Å². The summed E-state index contributed by atoms with van der Waals surface area (Å²) in [6.45, 7) is 0.885. The van der Waals surface area contributed by atoms with Crippen LogP contribution < -0.4 is 10.0 Å². The molecule has 1 aromatic carbocycles. The molecule has 11 heteroatoms. The highest BCUT2D eigenvalue weighted by Gasteiger charge is 2.14. The van der Waals surface area contributed by atoms with Crippen molar-refractivity contribution in [2.45, 2.75) is 18.0 Å².